The molecule has 0 spiro atoms. The Morgan fingerprint density at radius 3 is 2.27 bits per heavy atom. The highest BCUT2D eigenvalue weighted by molar-refractivity contribution is 6.17. The van der Waals surface area contributed by atoms with Gasteiger partial charge in [0.05, 0.1) is 33.0 Å². The molecule has 15 heavy (non-hydrogen) atoms. The minimum Gasteiger partial charge on any atom is -0.382 e. The van der Waals surface area contributed by atoms with Gasteiger partial charge in [-0.15, -0.1) is 11.6 Å². The molecular formula is C10H22ClNO3. The Labute approximate surface area is 97.2 Å². The van der Waals surface area contributed by atoms with Gasteiger partial charge in [0.25, 0.3) is 0 Å². The van der Waals surface area contributed by atoms with Gasteiger partial charge in [-0.2, -0.15) is 0 Å². The highest BCUT2D eigenvalue weighted by Crippen LogP contribution is 1.81. The lowest BCUT2D eigenvalue weighted by Crippen LogP contribution is -2.22. The van der Waals surface area contributed by atoms with Gasteiger partial charge in [0, 0.05) is 19.5 Å². The lowest BCUT2D eigenvalue weighted by molar-refractivity contribution is 0.0256. The molecule has 0 aromatic heterocycles. The molecule has 0 saturated carbocycles. The first-order chi connectivity index (χ1) is 7.41. The van der Waals surface area contributed by atoms with Gasteiger partial charge >= 0.3 is 0 Å². The molecule has 0 aromatic carbocycles. The summed E-state index contributed by atoms with van der Waals surface area (Å²) in [6, 6.07) is 0. The van der Waals surface area contributed by atoms with Crippen LogP contribution in [-0.4, -0.2) is 59.1 Å². The van der Waals surface area contributed by atoms with Crippen molar-refractivity contribution in [2.45, 2.75) is 6.42 Å². The van der Waals surface area contributed by atoms with Crippen molar-refractivity contribution in [3.63, 3.8) is 0 Å². The van der Waals surface area contributed by atoms with Crippen LogP contribution in [0, 0.1) is 0 Å². The third-order valence-corrected chi connectivity index (χ3v) is 1.98. The summed E-state index contributed by atoms with van der Waals surface area (Å²) in [6.45, 7) is 5.09. The maximum absolute atomic E-state index is 5.53. The monoisotopic (exact) mass is 239 g/mol. The first-order valence-corrected chi connectivity index (χ1v) is 5.86. The quantitative estimate of drug-likeness (QED) is 0.406. The molecule has 0 fully saturated rings. The molecule has 0 rings (SSSR count). The third kappa shape index (κ3) is 14.1. The predicted octanol–water partition coefficient (Wildman–Crippen LogP) is 0.885. The number of nitrogens with one attached hydrogen (secondary N) is 1. The van der Waals surface area contributed by atoms with Crippen molar-refractivity contribution in [1.29, 1.82) is 0 Å². The summed E-state index contributed by atoms with van der Waals surface area (Å²) in [5.74, 6) is 0.710. The van der Waals surface area contributed by atoms with Crippen LogP contribution in [0.4, 0.5) is 0 Å². The molecule has 5 heteroatoms. The van der Waals surface area contributed by atoms with Gasteiger partial charge in [-0.3, -0.25) is 0 Å². The zero-order chi connectivity index (χ0) is 11.2. The standard InChI is InChI=1S/C10H22ClNO3/c1-13-7-8-15-10-9-14-6-5-12-4-2-3-11/h12H,2-10H2,1H3. The smallest absolute Gasteiger partial charge is 0.0701 e. The van der Waals surface area contributed by atoms with E-state index in [4.69, 9.17) is 25.8 Å². The molecule has 0 aliphatic heterocycles. The largest absolute Gasteiger partial charge is 0.382 e. The van der Waals surface area contributed by atoms with Gasteiger partial charge < -0.3 is 19.5 Å². The van der Waals surface area contributed by atoms with Crippen molar-refractivity contribution in [3.05, 3.63) is 0 Å². The van der Waals surface area contributed by atoms with Crippen LogP contribution in [0.5, 0.6) is 0 Å². The van der Waals surface area contributed by atoms with Crippen LogP contribution in [0.3, 0.4) is 0 Å². The molecule has 0 amide bonds. The zero-order valence-electron chi connectivity index (χ0n) is 9.47. The lowest BCUT2D eigenvalue weighted by Gasteiger charge is -2.06. The molecule has 92 valence electrons. The van der Waals surface area contributed by atoms with E-state index in [0.29, 0.717) is 32.3 Å². The van der Waals surface area contributed by atoms with E-state index >= 15 is 0 Å². The predicted molar refractivity (Wildman–Crippen MR) is 61.7 cm³/mol. The van der Waals surface area contributed by atoms with Crippen LogP contribution in [0.2, 0.25) is 0 Å². The second-order valence-corrected chi connectivity index (χ2v) is 3.39. The maximum Gasteiger partial charge on any atom is 0.0701 e. The fraction of sp³-hybridized carbons (Fsp3) is 1.00. The normalized spacial score (nSPS) is 10.8. The first kappa shape index (κ1) is 15.1. The molecule has 4 nitrogen and oxygen atoms in total. The summed E-state index contributed by atoms with van der Waals surface area (Å²) < 4.78 is 15.4. The molecule has 0 aliphatic carbocycles. The van der Waals surface area contributed by atoms with Gasteiger partial charge in [-0.25, -0.2) is 0 Å². The van der Waals surface area contributed by atoms with Crippen molar-refractivity contribution < 1.29 is 14.2 Å². The number of halogens is 1. The molecule has 0 heterocycles. The van der Waals surface area contributed by atoms with Crippen molar-refractivity contribution in [2.24, 2.45) is 0 Å². The Bertz CT molecular complexity index is 105. The van der Waals surface area contributed by atoms with E-state index in [2.05, 4.69) is 5.32 Å². The topological polar surface area (TPSA) is 39.7 Å². The second kappa shape index (κ2) is 14.1. The Kier molecular flexibility index (Phi) is 14.3. The van der Waals surface area contributed by atoms with Gasteiger partial charge in [-0.05, 0) is 13.0 Å². The van der Waals surface area contributed by atoms with E-state index in [1.54, 1.807) is 7.11 Å². The Morgan fingerprint density at radius 1 is 0.933 bits per heavy atom. The van der Waals surface area contributed by atoms with Crippen LogP contribution in [-0.2, 0) is 14.2 Å². The highest BCUT2D eigenvalue weighted by Gasteiger charge is 1.90. The van der Waals surface area contributed by atoms with Crippen molar-refractivity contribution >= 4 is 11.6 Å². The number of hydrogen-bond acceptors (Lipinski definition) is 4. The average Bonchev–Trinajstić information content (AvgIpc) is 2.26. The SMILES string of the molecule is COCCOCCOCCNCCCCl. The lowest BCUT2D eigenvalue weighted by atomic mass is 10.5. The van der Waals surface area contributed by atoms with E-state index < -0.39 is 0 Å². The summed E-state index contributed by atoms with van der Waals surface area (Å²) in [5, 5.41) is 3.23. The first-order valence-electron chi connectivity index (χ1n) is 5.33. The van der Waals surface area contributed by atoms with E-state index in [1.807, 2.05) is 0 Å². The van der Waals surface area contributed by atoms with Crippen molar-refractivity contribution in [2.75, 3.05) is 59.1 Å². The fourth-order valence-electron chi connectivity index (χ4n) is 0.925. The summed E-state index contributed by atoms with van der Waals surface area (Å²) in [6.07, 6.45) is 1.00. The molecule has 1 N–H and O–H groups in total. The minimum atomic E-state index is 0.630. The third-order valence-electron chi connectivity index (χ3n) is 1.71. The Morgan fingerprint density at radius 2 is 1.60 bits per heavy atom. The second-order valence-electron chi connectivity index (χ2n) is 3.01. The summed E-state index contributed by atoms with van der Waals surface area (Å²) in [7, 11) is 1.66. The van der Waals surface area contributed by atoms with Gasteiger partial charge in [-0.1, -0.05) is 0 Å². The summed E-state index contributed by atoms with van der Waals surface area (Å²) in [5.41, 5.74) is 0. The number of methoxy groups -OCH3 is 1. The molecule has 0 radical (unpaired) electrons. The van der Waals surface area contributed by atoms with Crippen LogP contribution in [0.1, 0.15) is 6.42 Å². The summed E-state index contributed by atoms with van der Waals surface area (Å²) in [4.78, 5) is 0. The number of ether oxygens (including phenoxy) is 3. The van der Waals surface area contributed by atoms with Crippen LogP contribution in [0.25, 0.3) is 0 Å². The zero-order valence-corrected chi connectivity index (χ0v) is 10.2. The molecule has 0 bridgehead atoms. The van der Waals surface area contributed by atoms with E-state index in [9.17, 15) is 0 Å². The molecule has 0 unspecified atom stereocenters. The molecule has 0 saturated heterocycles. The number of rotatable bonds is 12. The maximum atomic E-state index is 5.53. The fourth-order valence-corrected chi connectivity index (χ4v) is 1.06. The van der Waals surface area contributed by atoms with Crippen LogP contribution in [0.15, 0.2) is 0 Å². The number of alkyl halides is 1. The number of hydrogen-bond donors (Lipinski definition) is 1. The van der Waals surface area contributed by atoms with E-state index in [1.165, 1.54) is 0 Å². The highest BCUT2D eigenvalue weighted by atomic mass is 35.5. The van der Waals surface area contributed by atoms with Gasteiger partial charge in [0.15, 0.2) is 0 Å². The summed E-state index contributed by atoms with van der Waals surface area (Å²) >= 11 is 5.53. The van der Waals surface area contributed by atoms with E-state index in [-0.39, 0.29) is 0 Å². The molecule has 0 aromatic rings. The Balaban J connectivity index is 2.81. The van der Waals surface area contributed by atoms with Crippen LogP contribution < -0.4 is 5.32 Å². The minimum absolute atomic E-state index is 0.630. The van der Waals surface area contributed by atoms with E-state index in [0.717, 1.165) is 26.1 Å². The van der Waals surface area contributed by atoms with Crippen molar-refractivity contribution in [1.82, 2.24) is 5.32 Å². The molecule has 0 atom stereocenters. The molecular weight excluding hydrogens is 218 g/mol. The van der Waals surface area contributed by atoms with Gasteiger partial charge in [0.1, 0.15) is 0 Å². The van der Waals surface area contributed by atoms with Crippen molar-refractivity contribution in [3.8, 4) is 0 Å². The Hall–Kier alpha value is 0.130. The average molecular weight is 240 g/mol. The molecule has 0 aliphatic rings. The van der Waals surface area contributed by atoms with Gasteiger partial charge in [0.2, 0.25) is 0 Å². The van der Waals surface area contributed by atoms with Crippen LogP contribution >= 0.6 is 11.6 Å².